The van der Waals surface area contributed by atoms with Crippen molar-refractivity contribution in [3.63, 3.8) is 0 Å². The molecule has 0 saturated carbocycles. The first-order chi connectivity index (χ1) is 8.12. The van der Waals surface area contributed by atoms with Crippen molar-refractivity contribution in [3.8, 4) is 0 Å². The minimum atomic E-state index is -1.93. The molecular formula is C12H11NOS. The summed E-state index contributed by atoms with van der Waals surface area (Å²) in [5.74, 6) is 0. The lowest BCUT2D eigenvalue weighted by Gasteiger charge is -2.00. The molecule has 0 aliphatic carbocycles. The van der Waals surface area contributed by atoms with Crippen LogP contribution >= 0.6 is 0 Å². The van der Waals surface area contributed by atoms with Crippen molar-refractivity contribution in [2.75, 3.05) is 0 Å². The summed E-state index contributed by atoms with van der Waals surface area (Å²) < 4.78 is 28.0. The molecule has 0 aliphatic rings. The molecule has 0 saturated heterocycles. The molecule has 2 aromatic rings. The van der Waals surface area contributed by atoms with Gasteiger partial charge in [0.25, 0.3) is 0 Å². The highest BCUT2D eigenvalue weighted by Crippen LogP contribution is 2.09. The molecule has 1 unspecified atom stereocenters. The van der Waals surface area contributed by atoms with Gasteiger partial charge in [-0.3, -0.25) is 4.21 Å². The summed E-state index contributed by atoms with van der Waals surface area (Å²) in [5, 5.41) is 0.251. The van der Waals surface area contributed by atoms with Crippen LogP contribution in [0.3, 0.4) is 0 Å². The Balaban J connectivity index is 2.37. The van der Waals surface area contributed by atoms with Crippen LogP contribution in [0.5, 0.6) is 0 Å². The van der Waals surface area contributed by atoms with Crippen LogP contribution in [-0.4, -0.2) is 9.19 Å². The quantitative estimate of drug-likeness (QED) is 0.793. The number of pyridine rings is 1. The Kier molecular flexibility index (Phi) is 2.51. The van der Waals surface area contributed by atoms with Crippen molar-refractivity contribution in [3.05, 3.63) is 60.3 Å². The van der Waals surface area contributed by atoms with E-state index < -0.39 is 16.5 Å². The predicted molar refractivity (Wildman–Crippen MR) is 60.8 cm³/mol. The number of rotatable bonds is 3. The predicted octanol–water partition coefficient (Wildman–Crippen LogP) is 2.39. The third-order valence-electron chi connectivity index (χ3n) is 1.81. The Morgan fingerprint density at radius 2 is 1.87 bits per heavy atom. The topological polar surface area (TPSA) is 30.0 Å². The van der Waals surface area contributed by atoms with Crippen LogP contribution in [-0.2, 0) is 16.5 Å². The zero-order valence-electron chi connectivity index (χ0n) is 9.96. The molecule has 2 rings (SSSR count). The molecule has 1 atom stereocenters. The molecule has 0 radical (unpaired) electrons. The molecule has 15 heavy (non-hydrogen) atoms. The first-order valence-electron chi connectivity index (χ1n) is 5.51. The fourth-order valence-corrected chi connectivity index (χ4v) is 1.94. The lowest BCUT2D eigenvalue weighted by molar-refractivity contribution is 0.680. The molecule has 1 aromatic carbocycles. The Bertz CT molecular complexity index is 517. The first-order valence-corrected chi connectivity index (χ1v) is 5.66. The zero-order valence-corrected chi connectivity index (χ0v) is 8.78. The molecule has 2 nitrogen and oxygen atoms in total. The summed E-state index contributed by atoms with van der Waals surface area (Å²) in [6.07, 6.45) is 1.51. The zero-order chi connectivity index (χ0) is 12.3. The van der Waals surface area contributed by atoms with E-state index in [0.29, 0.717) is 5.56 Å². The smallest absolute Gasteiger partial charge is 0.127 e. The van der Waals surface area contributed by atoms with Gasteiger partial charge < -0.3 is 0 Å². The molecule has 0 aliphatic heterocycles. The van der Waals surface area contributed by atoms with E-state index in [1.54, 1.807) is 48.5 Å². The van der Waals surface area contributed by atoms with Gasteiger partial charge in [0.2, 0.25) is 0 Å². The molecule has 0 fully saturated rings. The summed E-state index contributed by atoms with van der Waals surface area (Å²) >= 11 is 0. The van der Waals surface area contributed by atoms with Gasteiger partial charge in [-0.05, 0) is 17.7 Å². The SMILES string of the molecule is [2H]C([2H])(c1ccccc1)S(=O)c1ccccn1. The van der Waals surface area contributed by atoms with Gasteiger partial charge in [0, 0.05) is 8.94 Å². The van der Waals surface area contributed by atoms with E-state index in [1.165, 1.54) is 6.20 Å². The second-order valence-corrected chi connectivity index (χ2v) is 4.06. The highest BCUT2D eigenvalue weighted by Gasteiger charge is 2.04. The summed E-state index contributed by atoms with van der Waals surface area (Å²) in [5.41, 5.74) is -1.54. The van der Waals surface area contributed by atoms with Crippen LogP contribution < -0.4 is 0 Å². The number of hydrogen-bond acceptors (Lipinski definition) is 2. The average Bonchev–Trinajstić information content (AvgIpc) is 2.40. The third kappa shape index (κ3) is 2.73. The summed E-state index contributed by atoms with van der Waals surface area (Å²) in [4.78, 5) is 3.93. The number of hydrogen-bond donors (Lipinski definition) is 0. The molecule has 0 spiro atoms. The highest BCUT2D eigenvalue weighted by atomic mass is 32.2. The minimum Gasteiger partial charge on any atom is -0.252 e. The fourth-order valence-electron chi connectivity index (χ4n) is 1.12. The van der Waals surface area contributed by atoms with E-state index in [2.05, 4.69) is 4.98 Å². The van der Waals surface area contributed by atoms with E-state index in [-0.39, 0.29) is 5.03 Å². The van der Waals surface area contributed by atoms with Crippen LogP contribution in [0.4, 0.5) is 0 Å². The fraction of sp³-hybridized carbons (Fsp3) is 0.0833. The minimum absolute atomic E-state index is 0.251. The van der Waals surface area contributed by atoms with Crippen LogP contribution in [0.2, 0.25) is 0 Å². The Labute approximate surface area is 94.3 Å². The van der Waals surface area contributed by atoms with Gasteiger partial charge in [-0.2, -0.15) is 0 Å². The van der Waals surface area contributed by atoms with Crippen molar-refractivity contribution >= 4 is 10.8 Å². The monoisotopic (exact) mass is 219 g/mol. The number of aromatic nitrogens is 1. The van der Waals surface area contributed by atoms with Gasteiger partial charge in [-0.15, -0.1) is 0 Å². The maximum Gasteiger partial charge on any atom is 0.127 e. The van der Waals surface area contributed by atoms with Gasteiger partial charge in [0.1, 0.15) is 5.03 Å². The largest absolute Gasteiger partial charge is 0.252 e. The van der Waals surface area contributed by atoms with Gasteiger partial charge in [0.15, 0.2) is 0 Å². The summed E-state index contributed by atoms with van der Waals surface area (Å²) in [7, 11) is -1.82. The number of benzene rings is 1. The Hall–Kier alpha value is -1.48. The maximum absolute atomic E-state index is 12.1. The average molecular weight is 219 g/mol. The molecule has 0 amide bonds. The Morgan fingerprint density at radius 3 is 2.53 bits per heavy atom. The second kappa shape index (κ2) is 4.84. The van der Waals surface area contributed by atoms with Crippen molar-refractivity contribution in [2.24, 2.45) is 0 Å². The van der Waals surface area contributed by atoms with Crippen LogP contribution in [0.25, 0.3) is 0 Å². The number of nitrogens with zero attached hydrogens (tertiary/aromatic N) is 1. The summed E-state index contributed by atoms with van der Waals surface area (Å²) in [6.45, 7) is 0. The molecular weight excluding hydrogens is 206 g/mol. The van der Waals surface area contributed by atoms with Crippen molar-refractivity contribution in [1.29, 1.82) is 0 Å². The van der Waals surface area contributed by atoms with E-state index in [9.17, 15) is 4.21 Å². The van der Waals surface area contributed by atoms with E-state index in [1.807, 2.05) is 0 Å². The molecule has 0 N–H and O–H groups in total. The first kappa shape index (κ1) is 7.77. The van der Waals surface area contributed by atoms with Crippen LogP contribution in [0.1, 0.15) is 8.30 Å². The molecule has 3 heteroatoms. The second-order valence-electron chi connectivity index (χ2n) is 2.90. The lowest BCUT2D eigenvalue weighted by Crippen LogP contribution is -1.98. The third-order valence-corrected chi connectivity index (χ3v) is 2.85. The van der Waals surface area contributed by atoms with Crippen LogP contribution in [0.15, 0.2) is 59.8 Å². The van der Waals surface area contributed by atoms with E-state index in [4.69, 9.17) is 2.74 Å². The molecule has 1 heterocycles. The Morgan fingerprint density at radius 1 is 1.13 bits per heavy atom. The van der Waals surface area contributed by atoms with Gasteiger partial charge >= 0.3 is 0 Å². The normalized spacial score (nSPS) is 15.2. The standard InChI is InChI=1S/C12H11NOS/c14-15(12-8-4-5-9-13-12)10-11-6-2-1-3-7-11/h1-9H,10H2/i10D2. The summed E-state index contributed by atoms with van der Waals surface area (Å²) in [6, 6.07) is 13.5. The lowest BCUT2D eigenvalue weighted by atomic mass is 10.2. The maximum atomic E-state index is 12.1. The van der Waals surface area contributed by atoms with E-state index in [0.717, 1.165) is 0 Å². The molecule has 1 aromatic heterocycles. The van der Waals surface area contributed by atoms with Crippen molar-refractivity contribution in [1.82, 2.24) is 4.98 Å². The highest BCUT2D eigenvalue weighted by molar-refractivity contribution is 7.84. The molecule has 76 valence electrons. The van der Waals surface area contributed by atoms with Gasteiger partial charge in [-0.1, -0.05) is 36.4 Å². The van der Waals surface area contributed by atoms with Gasteiger partial charge in [-0.25, -0.2) is 4.98 Å². The van der Waals surface area contributed by atoms with Crippen molar-refractivity contribution < 1.29 is 6.95 Å². The van der Waals surface area contributed by atoms with E-state index >= 15 is 0 Å². The van der Waals surface area contributed by atoms with Crippen molar-refractivity contribution in [2.45, 2.75) is 10.7 Å². The van der Waals surface area contributed by atoms with Crippen LogP contribution in [0, 0.1) is 0 Å². The molecule has 0 bridgehead atoms. The van der Waals surface area contributed by atoms with Gasteiger partial charge in [0.05, 0.1) is 16.5 Å².